The van der Waals surface area contributed by atoms with E-state index in [2.05, 4.69) is 51.1 Å². The van der Waals surface area contributed by atoms with Crippen LogP contribution < -0.4 is 11.5 Å². The van der Waals surface area contributed by atoms with E-state index in [0.717, 1.165) is 0 Å². The molecule has 4 rings (SSSR count). The number of nitrogens with two attached hydrogens (primary N) is 2. The molecule has 4 saturated carbocycles. The van der Waals surface area contributed by atoms with Crippen LogP contribution in [0.15, 0.2) is 0 Å². The average molecular weight is 840 g/mol. The molecule has 4 aliphatic rings. The first-order valence-corrected chi connectivity index (χ1v) is 26.3. The van der Waals surface area contributed by atoms with Crippen molar-refractivity contribution in [2.45, 2.75) is 98.2 Å². The second-order valence-corrected chi connectivity index (χ2v) is 6.76. The molecule has 0 aromatic carbocycles. The summed E-state index contributed by atoms with van der Waals surface area (Å²) in [5.74, 6) is 4.70. The molecule has 4 aliphatic carbocycles. The Morgan fingerprint density at radius 3 is 0.625 bits per heavy atom. The Bertz CT molecular complexity index is 198. The molecule has 0 saturated heterocycles. The van der Waals surface area contributed by atoms with Gasteiger partial charge >= 0.3 is 101 Å². The summed E-state index contributed by atoms with van der Waals surface area (Å²) in [5.41, 5.74) is 13.1. The van der Waals surface area contributed by atoms with Gasteiger partial charge in [0.05, 0.1) is 0 Å². The van der Waals surface area contributed by atoms with E-state index in [1.807, 2.05) is 13.3 Å². The van der Waals surface area contributed by atoms with Crippen molar-refractivity contribution >= 4 is 98.2 Å². The molecule has 0 bridgehead atoms. The van der Waals surface area contributed by atoms with Gasteiger partial charge in [-0.3, -0.25) is 0 Å². The maximum absolute atomic E-state index is 4.50. The quantitative estimate of drug-likeness (QED) is 0.287. The topological polar surface area (TPSA) is 52.0 Å². The number of hydrogen-bond donors (Lipinski definition) is 2. The molecule has 0 aliphatic heterocycles. The van der Waals surface area contributed by atoms with E-state index in [9.17, 15) is 0 Å². The van der Waals surface area contributed by atoms with Crippen molar-refractivity contribution in [2.24, 2.45) is 35.1 Å². The molecule has 0 aromatic heterocycles. The van der Waals surface area contributed by atoms with Gasteiger partial charge in [0.15, 0.2) is 0 Å². The van der Waals surface area contributed by atoms with E-state index in [1.54, 1.807) is 85.1 Å². The summed E-state index contributed by atoms with van der Waals surface area (Å²) in [5, 5.41) is 0. The predicted molar refractivity (Wildman–Crippen MR) is 178 cm³/mol. The van der Waals surface area contributed by atoms with Gasteiger partial charge in [-0.2, -0.15) is 0 Å². The van der Waals surface area contributed by atoms with Gasteiger partial charge in [-0.15, -0.1) is 18.5 Å². The van der Waals surface area contributed by atoms with Crippen LogP contribution in [0.4, 0.5) is 0 Å². The van der Waals surface area contributed by atoms with Crippen LogP contribution in [-0.4, -0.2) is 107 Å². The second kappa shape index (κ2) is 51.2. The molecule has 4 atom stereocenters. The summed E-state index contributed by atoms with van der Waals surface area (Å²) in [6.07, 6.45) is 18.6. The first-order chi connectivity index (χ1) is 15.9. The van der Waals surface area contributed by atoms with Crippen LogP contribution in [0, 0.1) is 23.7 Å². The summed E-state index contributed by atoms with van der Waals surface area (Å²) in [6, 6.07) is 0. The summed E-state index contributed by atoms with van der Waals surface area (Å²) < 4.78 is 0. The minimum absolute atomic E-state index is 1.18. The van der Waals surface area contributed by atoms with Gasteiger partial charge in [-0.25, -0.2) is 0 Å². The Morgan fingerprint density at radius 2 is 0.531 bits per heavy atom. The third kappa shape index (κ3) is 28.1. The molecule has 0 aromatic rings. The first kappa shape index (κ1) is 48.6. The van der Waals surface area contributed by atoms with Crippen LogP contribution in [0.5, 0.6) is 0 Å². The summed E-state index contributed by atoms with van der Waals surface area (Å²) >= 11 is 6.07. The monoisotopic (exact) mass is 838 g/mol. The normalized spacial score (nSPS) is 24.0. The van der Waals surface area contributed by atoms with Crippen LogP contribution in [0.3, 0.4) is 0 Å². The fourth-order valence-electron chi connectivity index (χ4n) is 5.03. The van der Waals surface area contributed by atoms with Crippen LogP contribution in [0.2, 0.25) is 21.2 Å². The summed E-state index contributed by atoms with van der Waals surface area (Å²) in [6.45, 7) is 3.83. The number of hydrogen-bond acceptors (Lipinski definition) is 2. The SMILES string of the molecule is C1CC2CCCC2C1.C1CC2CCCC2C1.CN.CN.CP.CP.C[AsH2].C[AsH2].[CH3][SbH2].[CH3][SbH2]. The molecule has 2 nitrogen and oxygen atoms in total. The molecule has 4 fully saturated rings. The predicted octanol–water partition coefficient (Wildman–Crippen LogP) is 3.98. The van der Waals surface area contributed by atoms with Crippen LogP contribution in [0.25, 0.3) is 0 Å². The van der Waals surface area contributed by atoms with E-state index < -0.39 is 0 Å². The molecule has 4 N–H and O–H groups in total. The Hall–Kier alpha value is 3.53. The summed E-state index contributed by atoms with van der Waals surface area (Å²) in [4.78, 5) is 4.26. The van der Waals surface area contributed by atoms with Crippen LogP contribution in [0.1, 0.15) is 77.0 Å². The first-order valence-electron chi connectivity index (χ1n) is 12.6. The molecule has 204 valence electrons. The molecular formula is C24H68As2N2P2Sb2. The molecular weight excluding hydrogens is 772 g/mol. The van der Waals surface area contributed by atoms with Crippen molar-refractivity contribution in [1.29, 1.82) is 0 Å². The zero-order chi connectivity index (χ0) is 26.8. The Labute approximate surface area is 256 Å². The van der Waals surface area contributed by atoms with E-state index in [0.29, 0.717) is 0 Å². The van der Waals surface area contributed by atoms with Gasteiger partial charge in [-0.1, -0.05) is 90.4 Å². The maximum atomic E-state index is 4.50. The fourth-order valence-corrected chi connectivity index (χ4v) is 5.03. The minimum atomic E-state index is 1.18. The second-order valence-electron chi connectivity index (χ2n) is 6.76. The molecule has 0 radical (unpaired) electrons. The standard InChI is InChI=1S/2C8H14.2CH5As.2CH5N.2CH5P.2CH3.2Sb.4H/c2*1-3-7-5-2-6-8(7)4-1;6*1-2;;;;;;;;/h2*7-8H,1-6H2;6*2H2,1H3;2*1H3;;;;;;. The molecule has 0 heterocycles. The molecule has 0 spiro atoms. The number of fused-ring (bicyclic) bond motifs is 2. The Morgan fingerprint density at radius 1 is 0.438 bits per heavy atom. The van der Waals surface area contributed by atoms with E-state index in [1.165, 1.54) is 109 Å². The van der Waals surface area contributed by atoms with Gasteiger partial charge in [-0.05, 0) is 37.8 Å². The van der Waals surface area contributed by atoms with Crippen molar-refractivity contribution in [1.82, 2.24) is 0 Å². The Balaban J connectivity index is -0.0000000661. The van der Waals surface area contributed by atoms with Crippen molar-refractivity contribution in [3.63, 3.8) is 0 Å². The molecule has 4 unspecified atom stereocenters. The Kier molecular flexibility index (Phi) is 77.8. The fraction of sp³-hybridized carbons (Fsp3) is 1.00. The van der Waals surface area contributed by atoms with E-state index in [-0.39, 0.29) is 0 Å². The van der Waals surface area contributed by atoms with Crippen molar-refractivity contribution in [3.05, 3.63) is 0 Å². The van der Waals surface area contributed by atoms with Crippen LogP contribution >= 0.6 is 18.5 Å². The van der Waals surface area contributed by atoms with Gasteiger partial charge in [0.2, 0.25) is 0 Å². The van der Waals surface area contributed by atoms with Gasteiger partial charge in [0.1, 0.15) is 0 Å². The average Bonchev–Trinajstić information content (AvgIpc) is 3.73. The van der Waals surface area contributed by atoms with E-state index in [4.69, 9.17) is 0 Å². The van der Waals surface area contributed by atoms with Gasteiger partial charge in [0.25, 0.3) is 0 Å². The van der Waals surface area contributed by atoms with Crippen LogP contribution in [-0.2, 0) is 0 Å². The zero-order valence-corrected chi connectivity index (χ0v) is 37.2. The van der Waals surface area contributed by atoms with Gasteiger partial charge < -0.3 is 11.5 Å². The van der Waals surface area contributed by atoms with E-state index >= 15 is 0 Å². The third-order valence-electron chi connectivity index (χ3n) is 5.93. The summed E-state index contributed by atoms with van der Waals surface area (Å²) in [7, 11) is 7.83. The number of rotatable bonds is 0. The zero-order valence-electron chi connectivity index (χ0n) is 23.4. The van der Waals surface area contributed by atoms with Crippen molar-refractivity contribution in [3.8, 4) is 0 Å². The third-order valence-corrected chi connectivity index (χ3v) is 5.93. The van der Waals surface area contributed by atoms with Crippen molar-refractivity contribution in [2.75, 3.05) is 27.4 Å². The molecule has 8 heteroatoms. The van der Waals surface area contributed by atoms with Gasteiger partial charge in [0, 0.05) is 0 Å². The van der Waals surface area contributed by atoms with Crippen molar-refractivity contribution < 1.29 is 0 Å². The molecule has 0 amide bonds. The molecule has 32 heavy (non-hydrogen) atoms.